The highest BCUT2D eigenvalue weighted by Gasteiger charge is 2.29. The Kier molecular flexibility index (Phi) is 8.99. The SMILES string of the molecule is CCCC(C(=O)OCC)c1cc(C(C)(C)C)cc(C)c1OC(=O)N(CC)CC. The van der Waals surface area contributed by atoms with E-state index in [2.05, 4.69) is 20.8 Å². The van der Waals surface area contributed by atoms with Gasteiger partial charge in [0.25, 0.3) is 0 Å². The maximum atomic E-state index is 12.7. The maximum absolute atomic E-state index is 12.7. The molecule has 0 aromatic heterocycles. The monoisotopic (exact) mass is 391 g/mol. The number of carbonyl (C=O) groups is 2. The fourth-order valence-electron chi connectivity index (χ4n) is 3.20. The molecular formula is C23H37NO4. The average molecular weight is 392 g/mol. The van der Waals surface area contributed by atoms with Crippen molar-refractivity contribution >= 4 is 12.1 Å². The summed E-state index contributed by atoms with van der Waals surface area (Å²) in [6.07, 6.45) is 1.07. The van der Waals surface area contributed by atoms with Crippen LogP contribution in [0.3, 0.4) is 0 Å². The molecule has 0 aliphatic rings. The van der Waals surface area contributed by atoms with Crippen molar-refractivity contribution in [3.8, 4) is 5.75 Å². The Hall–Kier alpha value is -2.04. The van der Waals surface area contributed by atoms with Crippen molar-refractivity contribution in [1.29, 1.82) is 0 Å². The van der Waals surface area contributed by atoms with Crippen molar-refractivity contribution in [2.45, 2.75) is 79.6 Å². The molecule has 0 aliphatic carbocycles. The first-order valence-electron chi connectivity index (χ1n) is 10.4. The van der Waals surface area contributed by atoms with Crippen molar-refractivity contribution in [3.63, 3.8) is 0 Å². The van der Waals surface area contributed by atoms with E-state index >= 15 is 0 Å². The van der Waals surface area contributed by atoms with E-state index in [1.54, 1.807) is 11.8 Å². The predicted octanol–water partition coefficient (Wildman–Crippen LogP) is 5.58. The van der Waals surface area contributed by atoms with Crippen molar-refractivity contribution in [3.05, 3.63) is 28.8 Å². The van der Waals surface area contributed by atoms with E-state index < -0.39 is 12.0 Å². The minimum absolute atomic E-state index is 0.0909. The Balaban J connectivity index is 3.55. The molecule has 5 heteroatoms. The molecule has 0 spiro atoms. The molecule has 0 heterocycles. The van der Waals surface area contributed by atoms with Gasteiger partial charge in [-0.1, -0.05) is 46.2 Å². The number of aryl methyl sites for hydroxylation is 1. The van der Waals surface area contributed by atoms with Gasteiger partial charge in [0.15, 0.2) is 0 Å². The van der Waals surface area contributed by atoms with Gasteiger partial charge in [-0.05, 0) is 50.7 Å². The predicted molar refractivity (Wildman–Crippen MR) is 113 cm³/mol. The van der Waals surface area contributed by atoms with Crippen LogP contribution in [0.25, 0.3) is 0 Å². The molecule has 0 N–H and O–H groups in total. The molecule has 0 aliphatic heterocycles. The topological polar surface area (TPSA) is 55.8 Å². The Morgan fingerprint density at radius 1 is 1.07 bits per heavy atom. The van der Waals surface area contributed by atoms with Crippen LogP contribution in [-0.2, 0) is 14.9 Å². The van der Waals surface area contributed by atoms with Crippen LogP contribution in [0.5, 0.6) is 5.75 Å². The van der Waals surface area contributed by atoms with E-state index in [1.165, 1.54) is 0 Å². The van der Waals surface area contributed by atoms with Gasteiger partial charge in [0.2, 0.25) is 0 Å². The number of hydrogen-bond acceptors (Lipinski definition) is 4. The van der Waals surface area contributed by atoms with Gasteiger partial charge in [-0.25, -0.2) is 4.79 Å². The number of ether oxygens (including phenoxy) is 2. The van der Waals surface area contributed by atoms with Gasteiger partial charge < -0.3 is 14.4 Å². The van der Waals surface area contributed by atoms with Crippen LogP contribution in [0.4, 0.5) is 4.79 Å². The van der Waals surface area contributed by atoms with Gasteiger partial charge in [-0.15, -0.1) is 0 Å². The number of esters is 1. The summed E-state index contributed by atoms with van der Waals surface area (Å²) in [6, 6.07) is 4.05. The number of rotatable bonds is 8. The lowest BCUT2D eigenvalue weighted by atomic mass is 9.82. The van der Waals surface area contributed by atoms with Crippen molar-refractivity contribution in [2.75, 3.05) is 19.7 Å². The first kappa shape index (κ1) is 24.0. The zero-order valence-electron chi connectivity index (χ0n) is 18.8. The molecule has 0 radical (unpaired) electrons. The summed E-state index contributed by atoms with van der Waals surface area (Å²) in [5.74, 6) is -0.239. The second-order valence-corrected chi connectivity index (χ2v) is 8.10. The number of hydrogen-bond donors (Lipinski definition) is 0. The molecule has 1 atom stereocenters. The van der Waals surface area contributed by atoms with Crippen LogP contribution >= 0.6 is 0 Å². The highest BCUT2D eigenvalue weighted by molar-refractivity contribution is 5.81. The lowest BCUT2D eigenvalue weighted by molar-refractivity contribution is -0.145. The third kappa shape index (κ3) is 5.98. The molecule has 28 heavy (non-hydrogen) atoms. The standard InChI is InChI=1S/C23H37NO4/c1-9-13-18(21(25)27-12-4)19-15-17(23(6,7)8)14-16(5)20(19)28-22(26)24(10-2)11-3/h14-15,18H,9-13H2,1-8H3. The maximum Gasteiger partial charge on any atom is 0.415 e. The van der Waals surface area contributed by atoms with Crippen LogP contribution in [0, 0.1) is 6.92 Å². The van der Waals surface area contributed by atoms with Crippen LogP contribution in [0.2, 0.25) is 0 Å². The first-order valence-corrected chi connectivity index (χ1v) is 10.4. The lowest BCUT2D eigenvalue weighted by Crippen LogP contribution is -2.33. The minimum atomic E-state index is -0.453. The Bertz CT molecular complexity index is 672. The van der Waals surface area contributed by atoms with E-state index in [0.29, 0.717) is 31.9 Å². The normalized spacial score (nSPS) is 12.4. The van der Waals surface area contributed by atoms with E-state index in [4.69, 9.17) is 9.47 Å². The molecule has 0 saturated heterocycles. The molecule has 1 unspecified atom stereocenters. The van der Waals surface area contributed by atoms with E-state index in [0.717, 1.165) is 23.1 Å². The number of nitrogens with zero attached hydrogens (tertiary/aromatic N) is 1. The van der Waals surface area contributed by atoms with Crippen molar-refractivity contribution in [1.82, 2.24) is 4.90 Å². The van der Waals surface area contributed by atoms with Crippen molar-refractivity contribution in [2.24, 2.45) is 0 Å². The summed E-state index contributed by atoms with van der Waals surface area (Å²) in [4.78, 5) is 27.0. The fraction of sp³-hybridized carbons (Fsp3) is 0.652. The molecule has 0 saturated carbocycles. The molecule has 1 rings (SSSR count). The van der Waals surface area contributed by atoms with E-state index in [9.17, 15) is 9.59 Å². The van der Waals surface area contributed by atoms with Crippen LogP contribution in [0.1, 0.15) is 83.9 Å². The summed E-state index contributed by atoms with van der Waals surface area (Å²) >= 11 is 0. The molecule has 5 nitrogen and oxygen atoms in total. The minimum Gasteiger partial charge on any atom is -0.466 e. The zero-order valence-corrected chi connectivity index (χ0v) is 18.8. The van der Waals surface area contributed by atoms with Gasteiger partial charge in [0.05, 0.1) is 12.5 Å². The Labute approximate surface area is 170 Å². The fourth-order valence-corrected chi connectivity index (χ4v) is 3.20. The van der Waals surface area contributed by atoms with Gasteiger partial charge in [-0.3, -0.25) is 4.79 Å². The van der Waals surface area contributed by atoms with Crippen molar-refractivity contribution < 1.29 is 19.1 Å². The molecule has 158 valence electrons. The average Bonchev–Trinajstić information content (AvgIpc) is 2.61. The highest BCUT2D eigenvalue weighted by atomic mass is 16.6. The number of amides is 1. The second-order valence-electron chi connectivity index (χ2n) is 8.10. The molecule has 1 aromatic carbocycles. The van der Waals surface area contributed by atoms with E-state index in [1.807, 2.05) is 39.8 Å². The lowest BCUT2D eigenvalue weighted by Gasteiger charge is -2.27. The largest absolute Gasteiger partial charge is 0.466 e. The second kappa shape index (κ2) is 10.5. The summed E-state index contributed by atoms with van der Waals surface area (Å²) < 4.78 is 11.2. The molecule has 1 aromatic rings. The van der Waals surface area contributed by atoms with Gasteiger partial charge in [0, 0.05) is 18.7 Å². The third-order valence-corrected chi connectivity index (χ3v) is 4.90. The summed E-state index contributed by atoms with van der Waals surface area (Å²) in [5.41, 5.74) is 2.61. The molecule has 0 bridgehead atoms. The summed E-state index contributed by atoms with van der Waals surface area (Å²) in [7, 11) is 0. The van der Waals surface area contributed by atoms with Gasteiger partial charge >= 0.3 is 12.1 Å². The zero-order chi connectivity index (χ0) is 21.5. The van der Waals surface area contributed by atoms with Crippen LogP contribution in [0.15, 0.2) is 12.1 Å². The van der Waals surface area contributed by atoms with Gasteiger partial charge in [0.1, 0.15) is 5.75 Å². The Morgan fingerprint density at radius 2 is 1.68 bits per heavy atom. The smallest absolute Gasteiger partial charge is 0.415 e. The van der Waals surface area contributed by atoms with Crippen LogP contribution in [-0.4, -0.2) is 36.7 Å². The van der Waals surface area contributed by atoms with Gasteiger partial charge in [-0.2, -0.15) is 0 Å². The molecular weight excluding hydrogens is 354 g/mol. The summed E-state index contributed by atoms with van der Waals surface area (Å²) in [6.45, 7) is 17.5. The quantitative estimate of drug-likeness (QED) is 0.543. The number of carbonyl (C=O) groups excluding carboxylic acids is 2. The third-order valence-electron chi connectivity index (χ3n) is 4.90. The van der Waals surface area contributed by atoms with E-state index in [-0.39, 0.29) is 11.4 Å². The highest BCUT2D eigenvalue weighted by Crippen LogP contribution is 2.38. The Morgan fingerprint density at radius 3 is 2.14 bits per heavy atom. The number of benzene rings is 1. The molecule has 1 amide bonds. The first-order chi connectivity index (χ1) is 13.1. The van der Waals surface area contributed by atoms with Crippen LogP contribution < -0.4 is 4.74 Å². The summed E-state index contributed by atoms with van der Waals surface area (Å²) in [5, 5.41) is 0. The molecule has 0 fully saturated rings.